The van der Waals surface area contributed by atoms with E-state index in [0.29, 0.717) is 12.8 Å². The first-order valence-electron chi connectivity index (χ1n) is 11.4. The summed E-state index contributed by atoms with van der Waals surface area (Å²) < 4.78 is 75.5. The molecule has 1 aliphatic carbocycles. The van der Waals surface area contributed by atoms with E-state index >= 15 is 0 Å². The highest BCUT2D eigenvalue weighted by Gasteiger charge is 2.49. The topological polar surface area (TPSA) is 126 Å². The Labute approximate surface area is 217 Å². The second-order valence-electron chi connectivity index (χ2n) is 10.2. The van der Waals surface area contributed by atoms with Crippen LogP contribution in [0.15, 0.2) is 23.1 Å². The molecule has 1 saturated heterocycles. The summed E-state index contributed by atoms with van der Waals surface area (Å²) >= 11 is 6.13. The van der Waals surface area contributed by atoms with Crippen LogP contribution in [0.2, 0.25) is 5.02 Å². The lowest BCUT2D eigenvalue weighted by atomic mass is 9.95. The third-order valence-corrected chi connectivity index (χ3v) is 8.70. The smallest absolute Gasteiger partial charge is 0.425 e. The summed E-state index contributed by atoms with van der Waals surface area (Å²) in [4.78, 5) is 26.3. The number of halogens is 4. The average Bonchev–Trinajstić information content (AvgIpc) is 3.40. The number of nitrogens with one attached hydrogen (secondary N) is 1. The third-order valence-electron chi connectivity index (χ3n) is 6.09. The van der Waals surface area contributed by atoms with E-state index in [1.807, 2.05) is 6.07 Å². The molecule has 0 spiro atoms. The number of likely N-dealkylation sites (tertiary alicyclic amines) is 1. The minimum absolute atomic E-state index is 0.267. The van der Waals surface area contributed by atoms with Gasteiger partial charge in [0.2, 0.25) is 5.91 Å². The molecule has 1 aliphatic heterocycles. The summed E-state index contributed by atoms with van der Waals surface area (Å²) in [6.45, 7) is 5.37. The van der Waals surface area contributed by atoms with Gasteiger partial charge in [0.25, 0.3) is 0 Å². The molecule has 1 heterocycles. The van der Waals surface area contributed by atoms with Crippen LogP contribution >= 0.6 is 11.6 Å². The Bertz CT molecular complexity index is 1220. The molecule has 1 aromatic rings. The van der Waals surface area contributed by atoms with Crippen LogP contribution in [-0.4, -0.2) is 61.2 Å². The number of carbonyl (C=O) groups excluding carboxylic acids is 2. The van der Waals surface area contributed by atoms with Gasteiger partial charge < -0.3 is 19.7 Å². The van der Waals surface area contributed by atoms with E-state index < -0.39 is 56.5 Å². The maximum atomic E-state index is 13.4. The van der Waals surface area contributed by atoms with Crippen LogP contribution in [-0.2, 0) is 19.4 Å². The molecular formula is C23H27ClF3N3O6S. The van der Waals surface area contributed by atoms with Gasteiger partial charge in [-0.25, -0.2) is 13.2 Å². The number of benzene rings is 1. The van der Waals surface area contributed by atoms with Gasteiger partial charge in [-0.1, -0.05) is 32.4 Å². The summed E-state index contributed by atoms with van der Waals surface area (Å²) in [6.07, 6.45) is -8.32. The number of ether oxygens (including phenoxy) is 2. The number of hydrogen-bond acceptors (Lipinski definition) is 7. The number of sulfone groups is 1. The number of alkyl carbamates (subject to hydrolysis) is 1. The van der Waals surface area contributed by atoms with E-state index in [2.05, 4.69) is 5.32 Å². The van der Waals surface area contributed by atoms with Crippen LogP contribution in [0.25, 0.3) is 0 Å². The Morgan fingerprint density at radius 1 is 1.27 bits per heavy atom. The number of nitrogens with zero attached hydrogens (tertiary/aromatic N) is 2. The van der Waals surface area contributed by atoms with Crippen LogP contribution in [0.1, 0.15) is 47.0 Å². The van der Waals surface area contributed by atoms with E-state index in [0.717, 1.165) is 30.0 Å². The van der Waals surface area contributed by atoms with Gasteiger partial charge in [0.15, 0.2) is 22.2 Å². The molecular weight excluding hydrogens is 539 g/mol. The maximum Gasteiger partial charge on any atom is 0.425 e. The highest BCUT2D eigenvalue weighted by atomic mass is 35.5. The zero-order valence-corrected chi connectivity index (χ0v) is 22.1. The van der Waals surface area contributed by atoms with E-state index in [9.17, 15) is 36.4 Å². The fourth-order valence-electron chi connectivity index (χ4n) is 3.72. The standard InChI is InChI=1S/C23H27ClF3N3O6S/c1-13(23(25,26)27)35-14-5-6-17(16(24)9-14)37(33,34)15-10-18(30(11-15)19(31)21(2,3)4)36-20(32)29-22(12-28)7-8-22/h5-6,9,13,15,18H,7-8,10-11H2,1-4H3,(H,29,32)/t13-,15+,18-/m0/s1. The van der Waals surface area contributed by atoms with Crippen molar-refractivity contribution in [2.45, 2.75) is 81.1 Å². The molecule has 2 amide bonds. The molecule has 2 fully saturated rings. The van der Waals surface area contributed by atoms with Crippen molar-refractivity contribution >= 4 is 33.4 Å². The zero-order chi connectivity index (χ0) is 28.0. The number of amides is 2. The van der Waals surface area contributed by atoms with Gasteiger partial charge in [0, 0.05) is 24.4 Å². The van der Waals surface area contributed by atoms with Gasteiger partial charge in [0.1, 0.15) is 11.3 Å². The summed E-state index contributed by atoms with van der Waals surface area (Å²) in [5.74, 6) is -0.727. The second kappa shape index (κ2) is 9.87. The predicted octanol–water partition coefficient (Wildman–Crippen LogP) is 4.20. The summed E-state index contributed by atoms with van der Waals surface area (Å²) in [7, 11) is -4.22. The maximum absolute atomic E-state index is 13.4. The monoisotopic (exact) mass is 565 g/mol. The quantitative estimate of drug-likeness (QED) is 0.548. The Hall–Kier alpha value is -2.72. The minimum atomic E-state index is -4.63. The summed E-state index contributed by atoms with van der Waals surface area (Å²) in [5.41, 5.74) is -1.95. The highest BCUT2D eigenvalue weighted by Crippen LogP contribution is 2.37. The fraction of sp³-hybridized carbons (Fsp3) is 0.609. The first-order valence-corrected chi connectivity index (χ1v) is 13.3. The number of alkyl halides is 3. The normalized spacial score (nSPS) is 22.1. The van der Waals surface area contributed by atoms with Gasteiger partial charge in [-0.3, -0.25) is 4.79 Å². The molecule has 1 N–H and O–H groups in total. The average molecular weight is 566 g/mol. The predicted molar refractivity (Wildman–Crippen MR) is 125 cm³/mol. The first-order chi connectivity index (χ1) is 16.9. The second-order valence-corrected chi connectivity index (χ2v) is 12.8. The summed E-state index contributed by atoms with van der Waals surface area (Å²) in [5, 5.41) is 10.0. The van der Waals surface area contributed by atoms with Crippen LogP contribution in [0.4, 0.5) is 18.0 Å². The van der Waals surface area contributed by atoms with Gasteiger partial charge in [-0.2, -0.15) is 18.4 Å². The Morgan fingerprint density at radius 2 is 1.89 bits per heavy atom. The van der Waals surface area contributed by atoms with Gasteiger partial charge in [-0.15, -0.1) is 0 Å². The Kier molecular flexibility index (Phi) is 7.69. The molecule has 2 aliphatic rings. The summed E-state index contributed by atoms with van der Waals surface area (Å²) in [6, 6.07) is 5.05. The molecule has 0 bridgehead atoms. The highest BCUT2D eigenvalue weighted by molar-refractivity contribution is 7.92. The molecule has 37 heavy (non-hydrogen) atoms. The molecule has 0 radical (unpaired) electrons. The van der Waals surface area contributed by atoms with Gasteiger partial charge >= 0.3 is 12.3 Å². The van der Waals surface area contributed by atoms with Crippen molar-refractivity contribution in [2.24, 2.45) is 5.41 Å². The molecule has 9 nitrogen and oxygen atoms in total. The van der Waals surface area contributed by atoms with E-state index in [1.165, 1.54) is 0 Å². The Morgan fingerprint density at radius 3 is 2.38 bits per heavy atom. The van der Waals surface area contributed by atoms with Crippen molar-refractivity contribution in [1.29, 1.82) is 5.26 Å². The van der Waals surface area contributed by atoms with E-state index in [1.54, 1.807) is 20.8 Å². The lowest BCUT2D eigenvalue weighted by molar-refractivity contribution is -0.189. The third kappa shape index (κ3) is 6.41. The Balaban J connectivity index is 1.83. The van der Waals surface area contributed by atoms with Gasteiger partial charge in [0.05, 0.1) is 21.2 Å². The van der Waals surface area contributed by atoms with Crippen molar-refractivity contribution in [3.05, 3.63) is 23.2 Å². The van der Waals surface area contributed by atoms with Crippen LogP contribution in [0.3, 0.4) is 0 Å². The van der Waals surface area contributed by atoms with Crippen molar-refractivity contribution < 1.29 is 40.7 Å². The molecule has 1 aromatic carbocycles. The molecule has 0 aromatic heterocycles. The first kappa shape index (κ1) is 28.8. The lowest BCUT2D eigenvalue weighted by Gasteiger charge is -2.30. The molecule has 3 atom stereocenters. The van der Waals surface area contributed by atoms with Crippen LogP contribution in [0, 0.1) is 16.7 Å². The number of carbonyl (C=O) groups is 2. The molecule has 0 unspecified atom stereocenters. The van der Waals surface area contributed by atoms with Crippen molar-refractivity contribution in [1.82, 2.24) is 10.2 Å². The zero-order valence-electron chi connectivity index (χ0n) is 20.6. The number of rotatable bonds is 6. The lowest BCUT2D eigenvalue weighted by Crippen LogP contribution is -2.47. The van der Waals surface area contributed by atoms with Crippen LogP contribution < -0.4 is 10.1 Å². The van der Waals surface area contributed by atoms with Crippen molar-refractivity contribution in [2.75, 3.05) is 6.54 Å². The van der Waals surface area contributed by atoms with Gasteiger partial charge in [-0.05, 0) is 31.9 Å². The SMILES string of the molecule is C[C@H](Oc1ccc(S(=O)(=O)[C@@H]2C[C@H](OC(=O)NC3(C#N)CC3)N(C(=O)C(C)(C)C)C2)c(Cl)c1)C(F)(F)F. The van der Waals surface area contributed by atoms with E-state index in [-0.39, 0.29) is 28.6 Å². The van der Waals surface area contributed by atoms with E-state index in [4.69, 9.17) is 21.1 Å². The molecule has 1 saturated carbocycles. The molecule has 204 valence electrons. The van der Waals surface area contributed by atoms with Crippen molar-refractivity contribution in [3.8, 4) is 11.8 Å². The van der Waals surface area contributed by atoms with Crippen molar-refractivity contribution in [3.63, 3.8) is 0 Å². The minimum Gasteiger partial charge on any atom is -0.481 e. The molecule has 3 rings (SSSR count). The van der Waals surface area contributed by atoms with Crippen LogP contribution in [0.5, 0.6) is 5.75 Å². The fourth-order valence-corrected chi connectivity index (χ4v) is 5.93. The molecule has 14 heteroatoms. The largest absolute Gasteiger partial charge is 0.481 e. The number of nitriles is 1. The number of hydrogen-bond donors (Lipinski definition) is 1.